The second kappa shape index (κ2) is 11.2. The summed E-state index contributed by atoms with van der Waals surface area (Å²) in [4.78, 5) is 37.1. The molecule has 0 atom stereocenters. The maximum absolute atomic E-state index is 12.8. The number of non-ortho nitro benzene ring substituents is 1. The van der Waals surface area contributed by atoms with E-state index in [1.165, 1.54) is 12.1 Å². The van der Waals surface area contributed by atoms with Crippen LogP contribution in [0.3, 0.4) is 0 Å². The first-order valence-electron chi connectivity index (χ1n) is 12.7. The van der Waals surface area contributed by atoms with Gasteiger partial charge in [0.1, 0.15) is 0 Å². The van der Waals surface area contributed by atoms with E-state index in [-0.39, 0.29) is 23.7 Å². The minimum Gasteiger partial charge on any atom is -0.478 e. The number of nitrogens with zero attached hydrogens (tertiary/aromatic N) is 2. The van der Waals surface area contributed by atoms with Crippen LogP contribution < -0.4 is 10.2 Å². The molecule has 196 valence electrons. The lowest BCUT2D eigenvalue weighted by molar-refractivity contribution is -0.384. The maximum Gasteiger partial charge on any atom is 0.336 e. The third-order valence-electron chi connectivity index (χ3n) is 6.95. The largest absolute Gasteiger partial charge is 0.478 e. The Morgan fingerprint density at radius 3 is 2.36 bits per heavy atom. The highest BCUT2D eigenvalue weighted by atomic mass is 16.6. The van der Waals surface area contributed by atoms with Crippen molar-refractivity contribution in [3.8, 4) is 11.1 Å². The molecule has 5 rings (SSSR count). The molecule has 0 bridgehead atoms. The molecule has 0 aromatic heterocycles. The minimum absolute atomic E-state index is 0.0174. The Morgan fingerprint density at radius 1 is 0.923 bits per heavy atom. The number of benzene rings is 4. The molecule has 1 aliphatic heterocycles. The van der Waals surface area contributed by atoms with Crippen LogP contribution in [-0.4, -0.2) is 28.5 Å². The fraction of sp³-hybridized carbons (Fsp3) is 0.161. The molecular formula is C31H27N3O5. The van der Waals surface area contributed by atoms with Gasteiger partial charge in [-0.3, -0.25) is 14.9 Å². The molecule has 8 heteroatoms. The van der Waals surface area contributed by atoms with Crippen molar-refractivity contribution in [2.75, 3.05) is 11.4 Å². The standard InChI is InChI=1S/C31H27N3O5/c35-30(32-19-21-9-14-26(15-10-21)34(38)39)25-13-16-29-24(18-25)4-3-17-33(29)20-22-7-11-23(12-8-22)27-5-1-2-6-28(27)31(36)37/h1-2,5-16,18H,3-4,17,19-20H2,(H,32,35)(H,36,37). The van der Waals surface area contributed by atoms with E-state index in [1.54, 1.807) is 24.3 Å². The number of fused-ring (bicyclic) bond motifs is 1. The molecule has 0 saturated carbocycles. The summed E-state index contributed by atoms with van der Waals surface area (Å²) in [5, 5.41) is 23.2. The van der Waals surface area contributed by atoms with Gasteiger partial charge in [-0.05, 0) is 64.9 Å². The van der Waals surface area contributed by atoms with Crippen LogP contribution in [0, 0.1) is 10.1 Å². The smallest absolute Gasteiger partial charge is 0.336 e. The first kappa shape index (κ1) is 25.7. The van der Waals surface area contributed by atoms with Gasteiger partial charge in [-0.15, -0.1) is 0 Å². The zero-order valence-electron chi connectivity index (χ0n) is 21.2. The van der Waals surface area contributed by atoms with Crippen molar-refractivity contribution in [3.05, 3.63) is 129 Å². The minimum atomic E-state index is -0.945. The van der Waals surface area contributed by atoms with Crippen molar-refractivity contribution in [3.63, 3.8) is 0 Å². The van der Waals surface area contributed by atoms with Crippen molar-refractivity contribution in [2.24, 2.45) is 0 Å². The first-order valence-corrected chi connectivity index (χ1v) is 12.7. The number of rotatable bonds is 8. The fourth-order valence-electron chi connectivity index (χ4n) is 4.93. The molecule has 1 amide bonds. The number of anilines is 1. The van der Waals surface area contributed by atoms with Crippen LogP contribution in [-0.2, 0) is 19.5 Å². The van der Waals surface area contributed by atoms with Crippen molar-refractivity contribution in [2.45, 2.75) is 25.9 Å². The van der Waals surface area contributed by atoms with E-state index < -0.39 is 10.9 Å². The van der Waals surface area contributed by atoms with E-state index in [0.717, 1.165) is 47.3 Å². The van der Waals surface area contributed by atoms with Crippen molar-refractivity contribution < 1.29 is 19.6 Å². The first-order chi connectivity index (χ1) is 18.9. The van der Waals surface area contributed by atoms with Crippen molar-refractivity contribution in [1.82, 2.24) is 5.32 Å². The molecule has 0 aliphatic carbocycles. The third kappa shape index (κ3) is 5.80. The van der Waals surface area contributed by atoms with Crippen LogP contribution in [0.2, 0.25) is 0 Å². The molecule has 4 aromatic rings. The summed E-state index contributed by atoms with van der Waals surface area (Å²) in [6.45, 7) is 1.90. The van der Waals surface area contributed by atoms with Gasteiger partial charge in [-0.1, -0.05) is 54.6 Å². The molecular weight excluding hydrogens is 494 g/mol. The van der Waals surface area contributed by atoms with Crippen LogP contribution in [0.5, 0.6) is 0 Å². The number of hydrogen-bond donors (Lipinski definition) is 2. The molecule has 0 unspecified atom stereocenters. The SMILES string of the molecule is O=C(NCc1ccc([N+](=O)[O-])cc1)c1ccc2c(c1)CCCN2Cc1ccc(-c2ccccc2C(=O)O)cc1. The number of hydrogen-bond acceptors (Lipinski definition) is 5. The molecule has 8 nitrogen and oxygen atoms in total. The van der Waals surface area contributed by atoms with Crippen LogP contribution >= 0.6 is 0 Å². The van der Waals surface area contributed by atoms with Gasteiger partial charge in [0.05, 0.1) is 10.5 Å². The molecule has 0 radical (unpaired) electrons. The van der Waals surface area contributed by atoms with Gasteiger partial charge < -0.3 is 15.3 Å². The Balaban J connectivity index is 1.25. The number of aryl methyl sites for hydroxylation is 1. The van der Waals surface area contributed by atoms with E-state index in [4.69, 9.17) is 0 Å². The van der Waals surface area contributed by atoms with Gasteiger partial charge in [-0.2, -0.15) is 0 Å². The zero-order chi connectivity index (χ0) is 27.4. The van der Waals surface area contributed by atoms with Gasteiger partial charge in [0.15, 0.2) is 0 Å². The molecule has 2 N–H and O–H groups in total. The van der Waals surface area contributed by atoms with Gasteiger partial charge in [0.25, 0.3) is 11.6 Å². The van der Waals surface area contributed by atoms with Gasteiger partial charge >= 0.3 is 5.97 Å². The Morgan fingerprint density at radius 2 is 1.64 bits per heavy atom. The summed E-state index contributed by atoms with van der Waals surface area (Å²) < 4.78 is 0. The highest BCUT2D eigenvalue weighted by Crippen LogP contribution is 2.30. The number of carboxylic acid groups (broad SMARTS) is 1. The van der Waals surface area contributed by atoms with Crippen LogP contribution in [0.4, 0.5) is 11.4 Å². The molecule has 0 spiro atoms. The zero-order valence-corrected chi connectivity index (χ0v) is 21.2. The summed E-state index contributed by atoms with van der Waals surface area (Å²) in [6.07, 6.45) is 1.87. The normalized spacial score (nSPS) is 12.5. The number of nitro groups is 1. The molecule has 1 aliphatic rings. The number of carboxylic acids is 1. The average molecular weight is 522 g/mol. The summed E-state index contributed by atoms with van der Waals surface area (Å²) in [5.41, 5.74) is 6.56. The molecule has 0 saturated heterocycles. The molecule has 39 heavy (non-hydrogen) atoms. The number of carbonyl (C=O) groups excluding carboxylic acids is 1. The van der Waals surface area contributed by atoms with Crippen LogP contribution in [0.1, 0.15) is 43.8 Å². The van der Waals surface area contributed by atoms with E-state index in [1.807, 2.05) is 54.6 Å². The monoisotopic (exact) mass is 521 g/mol. The van der Waals surface area contributed by atoms with Gasteiger partial charge in [0.2, 0.25) is 0 Å². The van der Waals surface area contributed by atoms with Crippen LogP contribution in [0.25, 0.3) is 11.1 Å². The second-order valence-electron chi connectivity index (χ2n) is 9.52. The Hall–Kier alpha value is -4.98. The Labute approximate surface area is 225 Å². The average Bonchev–Trinajstić information content (AvgIpc) is 2.96. The predicted molar refractivity (Wildman–Crippen MR) is 149 cm³/mol. The molecule has 1 heterocycles. The van der Waals surface area contributed by atoms with Crippen molar-refractivity contribution in [1.29, 1.82) is 0 Å². The fourth-order valence-corrected chi connectivity index (χ4v) is 4.93. The van der Waals surface area contributed by atoms with Gasteiger partial charge in [-0.25, -0.2) is 4.79 Å². The number of nitro benzene ring substituents is 1. The highest BCUT2D eigenvalue weighted by molar-refractivity contribution is 5.96. The number of nitrogens with one attached hydrogen (secondary N) is 1. The summed E-state index contributed by atoms with van der Waals surface area (Å²) in [7, 11) is 0. The summed E-state index contributed by atoms with van der Waals surface area (Å²) in [6, 6.07) is 26.9. The second-order valence-corrected chi connectivity index (χ2v) is 9.52. The van der Waals surface area contributed by atoms with E-state index in [9.17, 15) is 24.8 Å². The van der Waals surface area contributed by atoms with Gasteiger partial charge in [0, 0.05) is 43.0 Å². The number of aromatic carboxylic acids is 1. The topological polar surface area (TPSA) is 113 Å². The lowest BCUT2D eigenvalue weighted by Gasteiger charge is -2.31. The summed E-state index contributed by atoms with van der Waals surface area (Å²) >= 11 is 0. The quantitative estimate of drug-likeness (QED) is 0.222. The lowest BCUT2D eigenvalue weighted by Crippen LogP contribution is -2.29. The van der Waals surface area contributed by atoms with E-state index in [0.29, 0.717) is 17.7 Å². The summed E-state index contributed by atoms with van der Waals surface area (Å²) in [5.74, 6) is -1.13. The molecule has 0 fully saturated rings. The van der Waals surface area contributed by atoms with E-state index in [2.05, 4.69) is 10.2 Å². The Kier molecular flexibility index (Phi) is 7.36. The lowest BCUT2D eigenvalue weighted by atomic mass is 9.97. The number of carbonyl (C=O) groups is 2. The maximum atomic E-state index is 12.8. The highest BCUT2D eigenvalue weighted by Gasteiger charge is 2.19. The molecule has 4 aromatic carbocycles. The van der Waals surface area contributed by atoms with E-state index >= 15 is 0 Å². The Bertz CT molecular complexity index is 1530. The van der Waals surface area contributed by atoms with Crippen molar-refractivity contribution >= 4 is 23.3 Å². The predicted octanol–water partition coefficient (Wildman–Crippen LogP) is 5.84. The third-order valence-corrected chi connectivity index (χ3v) is 6.95. The number of amides is 1. The van der Waals surface area contributed by atoms with Crippen LogP contribution in [0.15, 0.2) is 91.0 Å².